The molecule has 6 nitrogen and oxygen atoms in total. The number of rotatable bonds is 6. The third-order valence-corrected chi connectivity index (χ3v) is 8.73. The lowest BCUT2D eigenvalue weighted by Crippen LogP contribution is -2.60. The molecule has 0 bridgehead atoms. The maximum Gasteiger partial charge on any atom is 0.238 e. The molecule has 168 valence electrons. The Kier molecular flexibility index (Phi) is 7.25. The highest BCUT2D eigenvalue weighted by Crippen LogP contribution is 2.40. The Hall–Kier alpha value is -1.44. The van der Waals surface area contributed by atoms with Crippen LogP contribution in [-0.2, 0) is 21.2 Å². The third kappa shape index (κ3) is 5.42. The molecule has 1 aromatic rings. The van der Waals surface area contributed by atoms with E-state index in [2.05, 4.69) is 5.32 Å². The van der Waals surface area contributed by atoms with Gasteiger partial charge in [0.25, 0.3) is 0 Å². The molecular formula is C23H37N3O3S. The van der Waals surface area contributed by atoms with Crippen LogP contribution >= 0.6 is 0 Å². The number of sulfonamides is 1. The molecule has 1 heterocycles. The number of benzene rings is 1. The molecule has 3 rings (SSSR count). The van der Waals surface area contributed by atoms with Crippen LogP contribution in [0.15, 0.2) is 30.3 Å². The van der Waals surface area contributed by atoms with Crippen LogP contribution in [-0.4, -0.2) is 48.6 Å². The van der Waals surface area contributed by atoms with E-state index >= 15 is 0 Å². The van der Waals surface area contributed by atoms with Crippen LogP contribution < -0.4 is 11.1 Å². The number of piperidine rings is 1. The fourth-order valence-electron chi connectivity index (χ4n) is 4.95. The van der Waals surface area contributed by atoms with Gasteiger partial charge in [0.05, 0.1) is 5.25 Å². The number of nitrogens with one attached hydrogen (secondary N) is 1. The van der Waals surface area contributed by atoms with Gasteiger partial charge >= 0.3 is 0 Å². The zero-order valence-electron chi connectivity index (χ0n) is 18.5. The molecule has 2 fully saturated rings. The molecule has 2 aliphatic rings. The Balaban J connectivity index is 1.89. The van der Waals surface area contributed by atoms with Crippen molar-refractivity contribution in [3.8, 4) is 0 Å². The highest BCUT2D eigenvalue weighted by Gasteiger charge is 2.47. The van der Waals surface area contributed by atoms with Crippen molar-refractivity contribution in [1.29, 1.82) is 0 Å². The standard InChI is InChI=1S/C23H37N3O3S/c1-23(2,3)25-22(27)21-14-18-11-7-8-12-19(18)16-26(21)30(28,29)20(15-24)13-17-9-5-4-6-10-17/h4-6,9-10,18-21H,7-8,11-16,24H2,1-3H3,(H,25,27)/t18-,19+,20?,21-/m0/s1. The predicted octanol–water partition coefficient (Wildman–Crippen LogP) is 2.68. The molecule has 1 saturated carbocycles. The Morgan fingerprint density at radius 1 is 1.17 bits per heavy atom. The molecule has 0 radical (unpaired) electrons. The summed E-state index contributed by atoms with van der Waals surface area (Å²) in [7, 11) is -3.73. The third-order valence-electron chi connectivity index (χ3n) is 6.47. The minimum atomic E-state index is -3.73. The Morgan fingerprint density at radius 2 is 1.80 bits per heavy atom. The van der Waals surface area contributed by atoms with Crippen molar-refractivity contribution in [3.05, 3.63) is 35.9 Å². The van der Waals surface area contributed by atoms with Gasteiger partial charge in [-0.3, -0.25) is 4.79 Å². The van der Waals surface area contributed by atoms with E-state index in [4.69, 9.17) is 5.73 Å². The predicted molar refractivity (Wildman–Crippen MR) is 120 cm³/mol. The zero-order chi connectivity index (χ0) is 21.9. The minimum Gasteiger partial charge on any atom is -0.350 e. The van der Waals surface area contributed by atoms with Crippen molar-refractivity contribution in [3.63, 3.8) is 0 Å². The number of fused-ring (bicyclic) bond motifs is 1. The van der Waals surface area contributed by atoms with Crippen LogP contribution in [0, 0.1) is 11.8 Å². The molecule has 0 aromatic heterocycles. The summed E-state index contributed by atoms with van der Waals surface area (Å²) in [5, 5.41) is 2.29. The summed E-state index contributed by atoms with van der Waals surface area (Å²) in [6.07, 6.45) is 5.39. The Bertz CT molecular complexity index is 820. The molecule has 3 N–H and O–H groups in total. The fourth-order valence-corrected chi connectivity index (χ4v) is 6.91. The smallest absolute Gasteiger partial charge is 0.238 e. The maximum absolute atomic E-state index is 13.7. The number of carbonyl (C=O) groups is 1. The topological polar surface area (TPSA) is 92.5 Å². The molecular weight excluding hydrogens is 398 g/mol. The Labute approximate surface area is 181 Å². The van der Waals surface area contributed by atoms with Gasteiger partial charge in [-0.15, -0.1) is 0 Å². The van der Waals surface area contributed by atoms with Crippen molar-refractivity contribution in [1.82, 2.24) is 9.62 Å². The minimum absolute atomic E-state index is 0.0371. The second-order valence-corrected chi connectivity index (χ2v) is 12.1. The lowest BCUT2D eigenvalue weighted by atomic mass is 9.73. The van der Waals surface area contributed by atoms with E-state index < -0.39 is 26.9 Å². The molecule has 1 saturated heterocycles. The van der Waals surface area contributed by atoms with Crippen LogP contribution in [0.2, 0.25) is 0 Å². The molecule has 7 heteroatoms. The van der Waals surface area contributed by atoms with Crippen LogP contribution in [0.5, 0.6) is 0 Å². The highest BCUT2D eigenvalue weighted by molar-refractivity contribution is 7.89. The zero-order valence-corrected chi connectivity index (χ0v) is 19.3. The normalized spacial score (nSPS) is 26.6. The summed E-state index contributed by atoms with van der Waals surface area (Å²) in [5.74, 6) is 0.569. The average molecular weight is 436 g/mol. The van der Waals surface area contributed by atoms with E-state index in [9.17, 15) is 13.2 Å². The molecule has 1 amide bonds. The molecule has 1 unspecified atom stereocenters. The lowest BCUT2D eigenvalue weighted by Gasteiger charge is -2.46. The summed E-state index contributed by atoms with van der Waals surface area (Å²) in [6.45, 7) is 6.24. The van der Waals surface area contributed by atoms with Crippen molar-refractivity contribution >= 4 is 15.9 Å². The van der Waals surface area contributed by atoms with E-state index in [1.54, 1.807) is 0 Å². The van der Waals surface area contributed by atoms with Gasteiger partial charge in [-0.1, -0.05) is 49.6 Å². The quantitative estimate of drug-likeness (QED) is 0.718. The molecule has 4 atom stereocenters. The number of hydrogen-bond donors (Lipinski definition) is 2. The first kappa shape index (κ1) is 23.2. The number of hydrogen-bond acceptors (Lipinski definition) is 4. The highest BCUT2D eigenvalue weighted by atomic mass is 32.2. The van der Waals surface area contributed by atoms with E-state index in [1.165, 1.54) is 10.7 Å². The molecule has 1 aliphatic heterocycles. The van der Waals surface area contributed by atoms with Gasteiger partial charge in [-0.25, -0.2) is 8.42 Å². The van der Waals surface area contributed by atoms with Gasteiger partial charge in [0.1, 0.15) is 6.04 Å². The second kappa shape index (κ2) is 9.37. The van der Waals surface area contributed by atoms with Gasteiger partial charge < -0.3 is 11.1 Å². The summed E-state index contributed by atoms with van der Waals surface area (Å²) < 4.78 is 29.0. The van der Waals surface area contributed by atoms with Gasteiger partial charge in [-0.2, -0.15) is 4.31 Å². The van der Waals surface area contributed by atoms with Gasteiger partial charge in [0.15, 0.2) is 0 Å². The average Bonchev–Trinajstić information content (AvgIpc) is 2.70. The first-order valence-corrected chi connectivity index (χ1v) is 12.7. The Morgan fingerprint density at radius 3 is 2.40 bits per heavy atom. The maximum atomic E-state index is 13.7. The van der Waals surface area contributed by atoms with Crippen molar-refractivity contribution in [2.45, 2.75) is 76.1 Å². The summed E-state index contributed by atoms with van der Waals surface area (Å²) in [6, 6.07) is 8.92. The first-order chi connectivity index (χ1) is 14.1. The monoisotopic (exact) mass is 435 g/mol. The van der Waals surface area contributed by atoms with Crippen molar-refractivity contribution in [2.24, 2.45) is 17.6 Å². The lowest BCUT2D eigenvalue weighted by molar-refractivity contribution is -0.128. The SMILES string of the molecule is CC(C)(C)NC(=O)[C@@H]1C[C@@H]2CCCC[C@@H]2CN1S(=O)(=O)C(CN)Cc1ccccc1. The number of nitrogens with two attached hydrogens (primary N) is 1. The molecule has 0 spiro atoms. The van der Waals surface area contributed by atoms with Gasteiger partial charge in [0, 0.05) is 18.6 Å². The molecule has 1 aliphatic carbocycles. The number of nitrogens with zero attached hydrogens (tertiary/aromatic N) is 1. The van der Waals surface area contributed by atoms with Gasteiger partial charge in [0.2, 0.25) is 15.9 Å². The second-order valence-electron chi connectivity index (χ2n) is 9.96. The van der Waals surface area contributed by atoms with Gasteiger partial charge in [-0.05, 0) is 57.4 Å². The van der Waals surface area contributed by atoms with Crippen molar-refractivity contribution < 1.29 is 13.2 Å². The van der Waals surface area contributed by atoms with E-state index in [0.717, 1.165) is 24.8 Å². The van der Waals surface area contributed by atoms with Crippen LogP contribution in [0.1, 0.15) is 58.4 Å². The van der Waals surface area contributed by atoms with E-state index in [1.807, 2.05) is 51.1 Å². The number of carbonyl (C=O) groups excluding carboxylic acids is 1. The van der Waals surface area contributed by atoms with Crippen molar-refractivity contribution in [2.75, 3.05) is 13.1 Å². The van der Waals surface area contributed by atoms with E-state index in [0.29, 0.717) is 31.2 Å². The van der Waals surface area contributed by atoms with E-state index in [-0.39, 0.29) is 12.5 Å². The number of amides is 1. The fraction of sp³-hybridized carbons (Fsp3) is 0.696. The largest absolute Gasteiger partial charge is 0.350 e. The first-order valence-electron chi connectivity index (χ1n) is 11.2. The van der Waals surface area contributed by atoms with Crippen LogP contribution in [0.4, 0.5) is 0 Å². The molecule has 1 aromatic carbocycles. The molecule has 30 heavy (non-hydrogen) atoms. The summed E-state index contributed by atoms with van der Waals surface area (Å²) in [4.78, 5) is 13.2. The van der Waals surface area contributed by atoms with Crippen LogP contribution in [0.3, 0.4) is 0 Å². The summed E-state index contributed by atoms with van der Waals surface area (Å²) >= 11 is 0. The van der Waals surface area contributed by atoms with Crippen LogP contribution in [0.25, 0.3) is 0 Å². The summed E-state index contributed by atoms with van der Waals surface area (Å²) in [5.41, 5.74) is 6.50.